The first-order chi connectivity index (χ1) is 11.3. The number of rotatable bonds is 4. The lowest BCUT2D eigenvalue weighted by molar-refractivity contribution is -0.0141. The predicted molar refractivity (Wildman–Crippen MR) is 101 cm³/mol. The highest BCUT2D eigenvalue weighted by atomic mass is 127. The van der Waals surface area contributed by atoms with Gasteiger partial charge in [-0.25, -0.2) is 0 Å². The monoisotopic (exact) mass is 419 g/mol. The third-order valence-corrected chi connectivity index (χ3v) is 6.33. The second kappa shape index (κ2) is 6.47. The van der Waals surface area contributed by atoms with Gasteiger partial charge in [-0.05, 0) is 71.7 Å². The van der Waals surface area contributed by atoms with Crippen LogP contribution in [-0.2, 0) is 4.84 Å². The summed E-state index contributed by atoms with van der Waals surface area (Å²) in [6.07, 6.45) is 8.24. The van der Waals surface area contributed by atoms with E-state index in [9.17, 15) is 0 Å². The summed E-state index contributed by atoms with van der Waals surface area (Å²) in [5.74, 6) is 5.66. The summed E-state index contributed by atoms with van der Waals surface area (Å²) in [4.78, 5) is 5.59. The molecule has 0 heterocycles. The highest BCUT2D eigenvalue weighted by Gasteiger charge is 2.53. The van der Waals surface area contributed by atoms with Gasteiger partial charge in [0.2, 0.25) is 0 Å². The van der Waals surface area contributed by atoms with E-state index in [-0.39, 0.29) is 5.41 Å². The van der Waals surface area contributed by atoms with Crippen molar-refractivity contribution in [3.8, 4) is 9.85 Å². The molecule has 3 heteroatoms. The van der Waals surface area contributed by atoms with Crippen molar-refractivity contribution in [1.29, 1.82) is 0 Å². The maximum Gasteiger partial charge on any atom is 0.178 e. The Balaban J connectivity index is 1.68. The molecule has 0 spiro atoms. The number of halogens is 1. The molecular formula is C20H22INO. The number of hydrogen-bond donors (Lipinski definition) is 0. The normalized spacial score (nSPS) is 34.8. The molecule has 0 amide bonds. The minimum atomic E-state index is 0.244. The van der Waals surface area contributed by atoms with E-state index in [1.807, 2.05) is 22.6 Å². The van der Waals surface area contributed by atoms with Gasteiger partial charge in [-0.15, -0.1) is 0 Å². The van der Waals surface area contributed by atoms with Crippen LogP contribution in [0.5, 0.6) is 0 Å². The van der Waals surface area contributed by atoms with Crippen LogP contribution >= 0.6 is 22.6 Å². The van der Waals surface area contributed by atoms with Crippen molar-refractivity contribution in [2.75, 3.05) is 6.61 Å². The molecule has 23 heavy (non-hydrogen) atoms. The van der Waals surface area contributed by atoms with Gasteiger partial charge in [0.1, 0.15) is 0 Å². The van der Waals surface area contributed by atoms with E-state index in [0.717, 1.165) is 17.8 Å². The van der Waals surface area contributed by atoms with E-state index >= 15 is 0 Å². The Kier molecular flexibility index (Phi) is 4.36. The van der Waals surface area contributed by atoms with Crippen LogP contribution in [0.2, 0.25) is 0 Å². The van der Waals surface area contributed by atoms with E-state index < -0.39 is 0 Å². The van der Waals surface area contributed by atoms with Crippen LogP contribution in [-0.4, -0.2) is 12.3 Å². The van der Waals surface area contributed by atoms with Crippen LogP contribution in [0.25, 0.3) is 0 Å². The molecular weight excluding hydrogens is 397 g/mol. The highest BCUT2D eigenvalue weighted by molar-refractivity contribution is 14.1. The lowest BCUT2D eigenvalue weighted by atomic mass is 9.48. The number of hydrogen-bond acceptors (Lipinski definition) is 2. The number of benzene rings is 1. The fraction of sp³-hybridized carbons (Fsp3) is 0.550. The van der Waals surface area contributed by atoms with Gasteiger partial charge in [0.25, 0.3) is 0 Å². The summed E-state index contributed by atoms with van der Waals surface area (Å²) in [5, 5.41) is 4.63. The van der Waals surface area contributed by atoms with E-state index in [2.05, 4.69) is 45.3 Å². The molecule has 0 aliphatic heterocycles. The van der Waals surface area contributed by atoms with Crippen molar-refractivity contribution < 1.29 is 4.84 Å². The smallest absolute Gasteiger partial charge is 0.178 e. The molecule has 0 saturated heterocycles. The average Bonchev–Trinajstić information content (AvgIpc) is 2.54. The lowest BCUT2D eigenvalue weighted by Crippen LogP contribution is -2.50. The summed E-state index contributed by atoms with van der Waals surface area (Å²) >= 11 is 2.04. The Morgan fingerprint density at radius 1 is 1.09 bits per heavy atom. The molecule has 1 aromatic rings. The van der Waals surface area contributed by atoms with Gasteiger partial charge in [0, 0.05) is 28.0 Å². The quantitative estimate of drug-likeness (QED) is 0.221. The Hall–Kier alpha value is -1.02. The second-order valence-electron chi connectivity index (χ2n) is 7.55. The standard InChI is InChI=1S/C20H22INO/c21-7-4-8-23-22-19(18-5-2-1-3-6-18)20-12-15-9-16(13-20)11-17(10-15)14-20/h1-3,5-6,15-17H,8-14H2/b22-19-. The fourth-order valence-corrected chi connectivity index (χ4v) is 5.76. The van der Waals surface area contributed by atoms with E-state index in [1.165, 1.54) is 49.8 Å². The van der Waals surface area contributed by atoms with Crippen LogP contribution in [0.15, 0.2) is 35.5 Å². The maximum absolute atomic E-state index is 5.59. The molecule has 4 bridgehead atoms. The third-order valence-electron chi connectivity index (χ3n) is 5.95. The zero-order chi connectivity index (χ0) is 15.7. The SMILES string of the molecule is IC#CCO/N=C(/c1ccccc1)C12CC3CC(CC(C3)C1)C2. The topological polar surface area (TPSA) is 21.6 Å². The molecule has 4 fully saturated rings. The average molecular weight is 419 g/mol. The summed E-state index contributed by atoms with van der Waals surface area (Å²) < 4.78 is 2.84. The summed E-state index contributed by atoms with van der Waals surface area (Å²) in [6.45, 7) is 0.381. The third kappa shape index (κ3) is 3.03. The fourth-order valence-electron chi connectivity index (χ4n) is 5.61. The zero-order valence-electron chi connectivity index (χ0n) is 13.3. The van der Waals surface area contributed by atoms with E-state index in [0.29, 0.717) is 6.61 Å². The highest BCUT2D eigenvalue weighted by Crippen LogP contribution is 2.61. The largest absolute Gasteiger partial charge is 0.382 e. The molecule has 5 rings (SSSR count). The first-order valence-electron chi connectivity index (χ1n) is 8.63. The van der Waals surface area contributed by atoms with Gasteiger partial charge in [0.05, 0.1) is 5.71 Å². The molecule has 4 aliphatic carbocycles. The Morgan fingerprint density at radius 3 is 2.26 bits per heavy atom. The lowest BCUT2D eigenvalue weighted by Gasteiger charge is -2.56. The first-order valence-corrected chi connectivity index (χ1v) is 9.71. The minimum absolute atomic E-state index is 0.244. The van der Waals surface area contributed by atoms with Crippen LogP contribution in [0, 0.1) is 33.0 Å². The molecule has 0 unspecified atom stereocenters. The van der Waals surface area contributed by atoms with E-state index in [4.69, 9.17) is 4.84 Å². The summed E-state index contributed by atoms with van der Waals surface area (Å²) in [7, 11) is 0. The molecule has 0 radical (unpaired) electrons. The number of oxime groups is 1. The van der Waals surface area contributed by atoms with Gasteiger partial charge >= 0.3 is 0 Å². The first kappa shape index (κ1) is 15.5. The molecule has 120 valence electrons. The Labute approximate surface area is 152 Å². The van der Waals surface area contributed by atoms with Crippen molar-refractivity contribution in [3.63, 3.8) is 0 Å². The van der Waals surface area contributed by atoms with Gasteiger partial charge < -0.3 is 4.84 Å². The summed E-state index contributed by atoms with van der Waals surface area (Å²) in [6, 6.07) is 10.7. The van der Waals surface area contributed by atoms with Crippen molar-refractivity contribution in [3.05, 3.63) is 35.9 Å². The van der Waals surface area contributed by atoms with Crippen molar-refractivity contribution >= 4 is 28.3 Å². The van der Waals surface area contributed by atoms with Crippen molar-refractivity contribution in [1.82, 2.24) is 0 Å². The van der Waals surface area contributed by atoms with Gasteiger partial charge in [-0.1, -0.05) is 35.5 Å². The molecule has 0 aromatic heterocycles. The molecule has 1 aromatic carbocycles. The van der Waals surface area contributed by atoms with Gasteiger partial charge in [-0.2, -0.15) is 0 Å². The Morgan fingerprint density at radius 2 is 1.70 bits per heavy atom. The van der Waals surface area contributed by atoms with Crippen LogP contribution in [0.3, 0.4) is 0 Å². The molecule has 0 N–H and O–H groups in total. The molecule has 0 atom stereocenters. The van der Waals surface area contributed by atoms with Crippen LogP contribution < -0.4 is 0 Å². The van der Waals surface area contributed by atoms with Crippen LogP contribution in [0.4, 0.5) is 0 Å². The minimum Gasteiger partial charge on any atom is -0.382 e. The zero-order valence-corrected chi connectivity index (χ0v) is 15.5. The van der Waals surface area contributed by atoms with Gasteiger partial charge in [-0.3, -0.25) is 0 Å². The van der Waals surface area contributed by atoms with Gasteiger partial charge in [0.15, 0.2) is 6.61 Å². The van der Waals surface area contributed by atoms with E-state index in [1.54, 1.807) is 0 Å². The Bertz CT molecular complexity index is 620. The van der Waals surface area contributed by atoms with Crippen molar-refractivity contribution in [2.24, 2.45) is 28.3 Å². The number of nitrogens with zero attached hydrogens (tertiary/aromatic N) is 1. The molecule has 4 aliphatic rings. The maximum atomic E-state index is 5.59. The summed E-state index contributed by atoms with van der Waals surface area (Å²) in [5.41, 5.74) is 2.66. The molecule has 4 saturated carbocycles. The second-order valence-corrected chi connectivity index (χ2v) is 8.09. The predicted octanol–water partition coefficient (Wildman–Crippen LogP) is 5.02. The molecule has 2 nitrogen and oxygen atoms in total. The van der Waals surface area contributed by atoms with Crippen molar-refractivity contribution in [2.45, 2.75) is 38.5 Å². The van der Waals surface area contributed by atoms with Crippen LogP contribution in [0.1, 0.15) is 44.1 Å².